The van der Waals surface area contributed by atoms with Crippen molar-refractivity contribution in [3.8, 4) is 0 Å². The first kappa shape index (κ1) is 14.1. The van der Waals surface area contributed by atoms with Gasteiger partial charge in [0, 0.05) is 28.1 Å². The number of rotatable bonds is 3. The Balaban J connectivity index is 2.04. The van der Waals surface area contributed by atoms with Crippen LogP contribution in [-0.4, -0.2) is 24.4 Å². The Kier molecular flexibility index (Phi) is 4.84. The summed E-state index contributed by atoms with van der Waals surface area (Å²) < 4.78 is 1.85. The van der Waals surface area contributed by atoms with Gasteiger partial charge in [-0.15, -0.1) is 0 Å². The van der Waals surface area contributed by atoms with Gasteiger partial charge < -0.3 is 4.90 Å². The van der Waals surface area contributed by atoms with Crippen LogP contribution in [0.3, 0.4) is 0 Å². The van der Waals surface area contributed by atoms with E-state index < -0.39 is 0 Å². The highest BCUT2D eigenvalue weighted by Crippen LogP contribution is 2.26. The van der Waals surface area contributed by atoms with Crippen LogP contribution in [0.1, 0.15) is 36.0 Å². The van der Waals surface area contributed by atoms with E-state index in [-0.39, 0.29) is 5.91 Å². The highest BCUT2D eigenvalue weighted by atomic mass is 79.9. The van der Waals surface area contributed by atoms with E-state index in [9.17, 15) is 4.79 Å². The van der Waals surface area contributed by atoms with E-state index in [4.69, 9.17) is 0 Å². The van der Waals surface area contributed by atoms with E-state index in [0.717, 1.165) is 21.1 Å². The molecule has 0 aromatic heterocycles. The SMILES string of the molecule is CN(CC1CCCC1)C(=O)c1cc(Br)cc(Br)c1. The van der Waals surface area contributed by atoms with Gasteiger partial charge in [-0.3, -0.25) is 4.79 Å². The van der Waals surface area contributed by atoms with Crippen LogP contribution < -0.4 is 0 Å². The van der Waals surface area contributed by atoms with Crippen molar-refractivity contribution in [1.82, 2.24) is 4.90 Å². The Morgan fingerprint density at radius 2 is 1.78 bits per heavy atom. The van der Waals surface area contributed by atoms with Gasteiger partial charge in [-0.25, -0.2) is 0 Å². The third kappa shape index (κ3) is 3.58. The Labute approximate surface area is 125 Å². The number of carbonyl (C=O) groups is 1. The summed E-state index contributed by atoms with van der Waals surface area (Å²) in [5.41, 5.74) is 0.733. The molecule has 1 aliphatic carbocycles. The second-order valence-corrected chi connectivity index (χ2v) is 6.83. The fraction of sp³-hybridized carbons (Fsp3) is 0.500. The molecule has 1 saturated carbocycles. The smallest absolute Gasteiger partial charge is 0.253 e. The summed E-state index contributed by atoms with van der Waals surface area (Å²) in [6.07, 6.45) is 5.16. The summed E-state index contributed by atoms with van der Waals surface area (Å²) in [5, 5.41) is 0. The number of halogens is 2. The second-order valence-electron chi connectivity index (χ2n) is 4.99. The molecule has 2 nitrogen and oxygen atoms in total. The fourth-order valence-electron chi connectivity index (χ4n) is 2.56. The highest BCUT2D eigenvalue weighted by molar-refractivity contribution is 9.11. The maximum atomic E-state index is 12.3. The van der Waals surface area contributed by atoms with Gasteiger partial charge in [0.1, 0.15) is 0 Å². The van der Waals surface area contributed by atoms with Crippen LogP contribution in [-0.2, 0) is 0 Å². The van der Waals surface area contributed by atoms with Gasteiger partial charge in [0.05, 0.1) is 0 Å². The molecular weight excluding hydrogens is 358 g/mol. The first-order valence-corrected chi connectivity index (χ1v) is 7.86. The van der Waals surface area contributed by atoms with Crippen molar-refractivity contribution in [2.24, 2.45) is 5.92 Å². The minimum absolute atomic E-state index is 0.101. The second kappa shape index (κ2) is 6.20. The molecule has 1 aromatic carbocycles. The van der Waals surface area contributed by atoms with Crippen molar-refractivity contribution in [2.75, 3.05) is 13.6 Å². The molecule has 1 amide bonds. The molecule has 0 radical (unpaired) electrons. The number of benzene rings is 1. The molecule has 0 spiro atoms. The van der Waals surface area contributed by atoms with Crippen LogP contribution >= 0.6 is 31.9 Å². The molecule has 0 aliphatic heterocycles. The molecule has 0 heterocycles. The third-order valence-electron chi connectivity index (χ3n) is 3.46. The Hall–Kier alpha value is -0.350. The average Bonchev–Trinajstić information content (AvgIpc) is 2.79. The number of nitrogens with zero attached hydrogens (tertiary/aromatic N) is 1. The van der Waals surface area contributed by atoms with E-state index in [1.54, 1.807) is 0 Å². The normalized spacial score (nSPS) is 15.9. The summed E-state index contributed by atoms with van der Waals surface area (Å²) in [6, 6.07) is 5.68. The Morgan fingerprint density at radius 3 is 2.33 bits per heavy atom. The largest absolute Gasteiger partial charge is 0.341 e. The van der Waals surface area contributed by atoms with Crippen LogP contribution in [0.2, 0.25) is 0 Å². The van der Waals surface area contributed by atoms with Crippen molar-refractivity contribution in [3.05, 3.63) is 32.7 Å². The van der Waals surface area contributed by atoms with E-state index >= 15 is 0 Å². The summed E-state index contributed by atoms with van der Waals surface area (Å²) in [5.74, 6) is 0.790. The standard InChI is InChI=1S/C14H17Br2NO/c1-17(9-10-4-2-3-5-10)14(18)11-6-12(15)8-13(16)7-11/h6-8,10H,2-5,9H2,1H3. The quantitative estimate of drug-likeness (QED) is 0.764. The summed E-state index contributed by atoms with van der Waals surface area (Å²) >= 11 is 6.84. The predicted octanol–water partition coefficient (Wildman–Crippen LogP) is 4.47. The number of carbonyl (C=O) groups excluding carboxylic acids is 1. The maximum absolute atomic E-state index is 12.3. The van der Waals surface area contributed by atoms with Crippen LogP contribution in [0, 0.1) is 5.92 Å². The molecule has 0 saturated heterocycles. The number of hydrogen-bond donors (Lipinski definition) is 0. The molecule has 0 atom stereocenters. The molecular formula is C14H17Br2NO. The van der Waals surface area contributed by atoms with E-state index in [1.807, 2.05) is 30.1 Å². The van der Waals surface area contributed by atoms with Crippen molar-refractivity contribution in [1.29, 1.82) is 0 Å². The molecule has 1 fully saturated rings. The zero-order valence-electron chi connectivity index (χ0n) is 10.5. The lowest BCUT2D eigenvalue weighted by Crippen LogP contribution is -2.31. The van der Waals surface area contributed by atoms with Gasteiger partial charge in [0.2, 0.25) is 0 Å². The molecule has 18 heavy (non-hydrogen) atoms. The first-order chi connectivity index (χ1) is 8.56. The molecule has 1 aliphatic rings. The van der Waals surface area contributed by atoms with Crippen molar-refractivity contribution in [3.63, 3.8) is 0 Å². The van der Waals surface area contributed by atoms with Gasteiger partial charge in [-0.05, 0) is 37.0 Å². The minimum atomic E-state index is 0.101. The Bertz CT molecular complexity index is 421. The molecule has 0 unspecified atom stereocenters. The topological polar surface area (TPSA) is 20.3 Å². The lowest BCUT2D eigenvalue weighted by molar-refractivity contribution is 0.0773. The molecule has 2 rings (SSSR count). The van der Waals surface area contributed by atoms with Crippen LogP contribution in [0.15, 0.2) is 27.1 Å². The lowest BCUT2D eigenvalue weighted by Gasteiger charge is -2.21. The zero-order chi connectivity index (χ0) is 13.1. The average molecular weight is 375 g/mol. The van der Waals surface area contributed by atoms with Gasteiger partial charge in [0.15, 0.2) is 0 Å². The molecule has 98 valence electrons. The molecule has 4 heteroatoms. The highest BCUT2D eigenvalue weighted by Gasteiger charge is 2.20. The summed E-state index contributed by atoms with van der Waals surface area (Å²) in [4.78, 5) is 14.2. The van der Waals surface area contributed by atoms with E-state index in [0.29, 0.717) is 5.92 Å². The fourth-order valence-corrected chi connectivity index (χ4v) is 3.85. The van der Waals surface area contributed by atoms with Crippen LogP contribution in [0.5, 0.6) is 0 Å². The van der Waals surface area contributed by atoms with E-state index in [1.165, 1.54) is 25.7 Å². The summed E-state index contributed by atoms with van der Waals surface area (Å²) in [6.45, 7) is 0.878. The lowest BCUT2D eigenvalue weighted by atomic mass is 10.1. The first-order valence-electron chi connectivity index (χ1n) is 6.28. The van der Waals surface area contributed by atoms with Gasteiger partial charge in [-0.1, -0.05) is 44.7 Å². The Morgan fingerprint density at radius 1 is 1.22 bits per heavy atom. The van der Waals surface area contributed by atoms with Gasteiger partial charge in [-0.2, -0.15) is 0 Å². The van der Waals surface area contributed by atoms with Crippen molar-refractivity contribution in [2.45, 2.75) is 25.7 Å². The van der Waals surface area contributed by atoms with Crippen molar-refractivity contribution < 1.29 is 4.79 Å². The van der Waals surface area contributed by atoms with Crippen LogP contribution in [0.25, 0.3) is 0 Å². The minimum Gasteiger partial charge on any atom is -0.341 e. The monoisotopic (exact) mass is 373 g/mol. The van der Waals surface area contributed by atoms with Crippen molar-refractivity contribution >= 4 is 37.8 Å². The summed E-state index contributed by atoms with van der Waals surface area (Å²) in [7, 11) is 1.90. The zero-order valence-corrected chi connectivity index (χ0v) is 13.6. The van der Waals surface area contributed by atoms with Crippen LogP contribution in [0.4, 0.5) is 0 Å². The van der Waals surface area contributed by atoms with Gasteiger partial charge in [0.25, 0.3) is 5.91 Å². The molecule has 1 aromatic rings. The van der Waals surface area contributed by atoms with Gasteiger partial charge >= 0.3 is 0 Å². The number of hydrogen-bond acceptors (Lipinski definition) is 1. The molecule has 0 N–H and O–H groups in total. The predicted molar refractivity (Wildman–Crippen MR) is 80.8 cm³/mol. The van der Waals surface area contributed by atoms with E-state index in [2.05, 4.69) is 31.9 Å². The molecule has 0 bridgehead atoms. The maximum Gasteiger partial charge on any atom is 0.253 e. The number of amides is 1. The third-order valence-corrected chi connectivity index (χ3v) is 4.38.